The number of aromatic carboxylic acids is 1. The molecule has 3 rings (SSSR count). The molecule has 1 aromatic carbocycles. The molecule has 2 aromatic rings. The van der Waals surface area contributed by atoms with Crippen LogP contribution in [0.15, 0.2) is 28.7 Å². The molecule has 21 heavy (non-hydrogen) atoms. The van der Waals surface area contributed by atoms with Crippen molar-refractivity contribution < 1.29 is 19.1 Å². The highest BCUT2D eigenvalue weighted by atomic mass is 16.5. The van der Waals surface area contributed by atoms with Crippen LogP contribution in [-0.2, 0) is 11.3 Å². The third-order valence-corrected chi connectivity index (χ3v) is 4.00. The second-order valence-corrected chi connectivity index (χ2v) is 5.40. The van der Waals surface area contributed by atoms with Crippen molar-refractivity contribution in [2.75, 3.05) is 19.8 Å². The first kappa shape index (κ1) is 14.1. The number of morpholine rings is 1. The molecule has 0 saturated carbocycles. The summed E-state index contributed by atoms with van der Waals surface area (Å²) >= 11 is 0. The fourth-order valence-corrected chi connectivity index (χ4v) is 2.80. The minimum Gasteiger partial charge on any atom is -0.475 e. The van der Waals surface area contributed by atoms with Crippen LogP contribution in [0.1, 0.15) is 29.5 Å². The molecule has 0 radical (unpaired) electrons. The molecule has 1 aliphatic rings. The van der Waals surface area contributed by atoms with Gasteiger partial charge < -0.3 is 14.3 Å². The van der Waals surface area contributed by atoms with Crippen molar-refractivity contribution in [3.63, 3.8) is 0 Å². The van der Waals surface area contributed by atoms with Crippen LogP contribution in [0, 0.1) is 0 Å². The van der Waals surface area contributed by atoms with Crippen molar-refractivity contribution >= 4 is 16.9 Å². The summed E-state index contributed by atoms with van der Waals surface area (Å²) in [5, 5.41) is 9.81. The van der Waals surface area contributed by atoms with Gasteiger partial charge in [0, 0.05) is 24.5 Å². The number of hydrogen-bond acceptors (Lipinski definition) is 4. The van der Waals surface area contributed by atoms with E-state index >= 15 is 0 Å². The van der Waals surface area contributed by atoms with Gasteiger partial charge in [-0.05, 0) is 30.2 Å². The minimum absolute atomic E-state index is 0.0139. The Kier molecular flexibility index (Phi) is 3.94. The molecule has 1 unspecified atom stereocenters. The molecule has 0 aliphatic carbocycles. The topological polar surface area (TPSA) is 62.9 Å². The Hall–Kier alpha value is -1.85. The molecule has 1 aromatic heterocycles. The summed E-state index contributed by atoms with van der Waals surface area (Å²) in [6.07, 6.45) is 1.07. The number of carboxylic acid groups (broad SMARTS) is 1. The van der Waals surface area contributed by atoms with Crippen LogP contribution in [0.25, 0.3) is 11.0 Å². The molecule has 0 bridgehead atoms. The Balaban J connectivity index is 1.81. The average molecular weight is 289 g/mol. The van der Waals surface area contributed by atoms with Crippen LogP contribution in [0.5, 0.6) is 0 Å². The van der Waals surface area contributed by atoms with Crippen LogP contribution < -0.4 is 0 Å². The Labute approximate surface area is 123 Å². The lowest BCUT2D eigenvalue weighted by atomic mass is 10.1. The Morgan fingerprint density at radius 1 is 1.43 bits per heavy atom. The third kappa shape index (κ3) is 2.94. The van der Waals surface area contributed by atoms with E-state index in [2.05, 4.69) is 11.8 Å². The van der Waals surface area contributed by atoms with Gasteiger partial charge in [0.15, 0.2) is 0 Å². The molecule has 1 saturated heterocycles. The smallest absolute Gasteiger partial charge is 0.371 e. The monoisotopic (exact) mass is 289 g/mol. The number of rotatable bonds is 4. The van der Waals surface area contributed by atoms with Crippen LogP contribution in [0.4, 0.5) is 0 Å². The van der Waals surface area contributed by atoms with Gasteiger partial charge in [0.05, 0.1) is 13.2 Å². The average Bonchev–Trinajstić information content (AvgIpc) is 2.91. The quantitative estimate of drug-likeness (QED) is 0.937. The standard InChI is InChI=1S/C16H19NO4/c1-2-13-10-20-6-5-17(13)9-11-3-4-14-12(7-11)8-15(21-14)16(18)19/h3-4,7-8,13H,2,5-6,9-10H2,1H3,(H,18,19). The number of benzene rings is 1. The second-order valence-electron chi connectivity index (χ2n) is 5.40. The molecule has 1 atom stereocenters. The lowest BCUT2D eigenvalue weighted by Gasteiger charge is -2.35. The molecule has 0 spiro atoms. The Morgan fingerprint density at radius 2 is 2.29 bits per heavy atom. The normalized spacial score (nSPS) is 20.0. The number of fused-ring (bicyclic) bond motifs is 1. The van der Waals surface area contributed by atoms with Crippen molar-refractivity contribution in [3.8, 4) is 0 Å². The highest BCUT2D eigenvalue weighted by Gasteiger charge is 2.21. The van der Waals surface area contributed by atoms with Gasteiger partial charge in [-0.15, -0.1) is 0 Å². The summed E-state index contributed by atoms with van der Waals surface area (Å²) in [4.78, 5) is 13.4. The fraction of sp³-hybridized carbons (Fsp3) is 0.438. The van der Waals surface area contributed by atoms with E-state index in [0.717, 1.165) is 38.1 Å². The van der Waals surface area contributed by atoms with Gasteiger partial charge in [-0.1, -0.05) is 13.0 Å². The van der Waals surface area contributed by atoms with E-state index in [4.69, 9.17) is 14.3 Å². The first-order chi connectivity index (χ1) is 10.2. The molecule has 1 aliphatic heterocycles. The van der Waals surface area contributed by atoms with E-state index in [1.54, 1.807) is 6.07 Å². The van der Waals surface area contributed by atoms with Crippen LogP contribution in [-0.4, -0.2) is 41.8 Å². The predicted molar refractivity (Wildman–Crippen MR) is 78.5 cm³/mol. The fourth-order valence-electron chi connectivity index (χ4n) is 2.80. The molecule has 5 heteroatoms. The highest BCUT2D eigenvalue weighted by Crippen LogP contribution is 2.23. The molecule has 2 heterocycles. The first-order valence-corrected chi connectivity index (χ1v) is 7.25. The van der Waals surface area contributed by atoms with Crippen LogP contribution in [0.3, 0.4) is 0 Å². The van der Waals surface area contributed by atoms with Crippen LogP contribution in [0.2, 0.25) is 0 Å². The summed E-state index contributed by atoms with van der Waals surface area (Å²) in [5.74, 6) is -1.05. The SMILES string of the molecule is CCC1COCCN1Cc1ccc2oc(C(=O)O)cc2c1. The van der Waals surface area contributed by atoms with Crippen molar-refractivity contribution in [2.24, 2.45) is 0 Å². The summed E-state index contributed by atoms with van der Waals surface area (Å²) in [7, 11) is 0. The zero-order chi connectivity index (χ0) is 14.8. The number of hydrogen-bond donors (Lipinski definition) is 1. The summed E-state index contributed by atoms with van der Waals surface area (Å²) in [6, 6.07) is 7.89. The first-order valence-electron chi connectivity index (χ1n) is 7.25. The highest BCUT2D eigenvalue weighted by molar-refractivity contribution is 5.91. The van der Waals surface area contributed by atoms with Gasteiger partial charge >= 0.3 is 5.97 Å². The summed E-state index contributed by atoms with van der Waals surface area (Å²) in [5.41, 5.74) is 1.78. The van der Waals surface area contributed by atoms with E-state index in [1.807, 2.05) is 18.2 Å². The maximum atomic E-state index is 10.9. The van der Waals surface area contributed by atoms with Gasteiger partial charge in [0.2, 0.25) is 5.76 Å². The van der Waals surface area contributed by atoms with E-state index in [1.165, 1.54) is 5.56 Å². The molecule has 1 N–H and O–H groups in total. The maximum absolute atomic E-state index is 10.9. The van der Waals surface area contributed by atoms with Gasteiger partial charge in [0.1, 0.15) is 5.58 Å². The molecule has 0 amide bonds. The van der Waals surface area contributed by atoms with Gasteiger partial charge in [-0.3, -0.25) is 4.90 Å². The van der Waals surface area contributed by atoms with Crippen molar-refractivity contribution in [3.05, 3.63) is 35.6 Å². The van der Waals surface area contributed by atoms with E-state index in [-0.39, 0.29) is 5.76 Å². The van der Waals surface area contributed by atoms with Crippen molar-refractivity contribution in [2.45, 2.75) is 25.9 Å². The number of nitrogens with zero attached hydrogens (tertiary/aromatic N) is 1. The minimum atomic E-state index is -1.04. The maximum Gasteiger partial charge on any atom is 0.371 e. The molecular weight excluding hydrogens is 270 g/mol. The van der Waals surface area contributed by atoms with Gasteiger partial charge in [-0.2, -0.15) is 0 Å². The lowest BCUT2D eigenvalue weighted by molar-refractivity contribution is -0.0127. The molecule has 112 valence electrons. The molecular formula is C16H19NO4. The zero-order valence-corrected chi connectivity index (χ0v) is 12.0. The third-order valence-electron chi connectivity index (χ3n) is 4.00. The number of ether oxygens (including phenoxy) is 1. The Bertz CT molecular complexity index is 649. The second kappa shape index (κ2) is 5.87. The molecule has 5 nitrogen and oxygen atoms in total. The predicted octanol–water partition coefficient (Wildman–Crippen LogP) is 2.74. The largest absolute Gasteiger partial charge is 0.475 e. The van der Waals surface area contributed by atoms with Crippen molar-refractivity contribution in [1.29, 1.82) is 0 Å². The van der Waals surface area contributed by atoms with Gasteiger partial charge in [0.25, 0.3) is 0 Å². The number of carbonyl (C=O) groups is 1. The zero-order valence-electron chi connectivity index (χ0n) is 12.0. The van der Waals surface area contributed by atoms with E-state index < -0.39 is 5.97 Å². The van der Waals surface area contributed by atoms with E-state index in [9.17, 15) is 4.79 Å². The number of carboxylic acids is 1. The molecule has 1 fully saturated rings. The van der Waals surface area contributed by atoms with Crippen molar-refractivity contribution in [1.82, 2.24) is 4.90 Å². The van der Waals surface area contributed by atoms with Crippen LogP contribution >= 0.6 is 0 Å². The number of furan rings is 1. The van der Waals surface area contributed by atoms with Gasteiger partial charge in [-0.25, -0.2) is 4.79 Å². The summed E-state index contributed by atoms with van der Waals surface area (Å²) in [6.45, 7) is 5.51. The van der Waals surface area contributed by atoms with E-state index in [0.29, 0.717) is 11.6 Å². The lowest BCUT2D eigenvalue weighted by Crippen LogP contribution is -2.44. The summed E-state index contributed by atoms with van der Waals surface area (Å²) < 4.78 is 10.8. The Morgan fingerprint density at radius 3 is 3.05 bits per heavy atom.